The maximum absolute atomic E-state index is 12.7. The van der Waals surface area contributed by atoms with E-state index in [1.807, 2.05) is 16.5 Å². The molecule has 0 atom stereocenters. The Morgan fingerprint density at radius 3 is 2.67 bits per heavy atom. The van der Waals surface area contributed by atoms with E-state index in [-0.39, 0.29) is 12.0 Å². The minimum Gasteiger partial charge on any atom is -0.273 e. The molecule has 2 heterocycles. The quantitative estimate of drug-likeness (QED) is 0.892. The molecule has 2 aromatic heterocycles. The van der Waals surface area contributed by atoms with Crippen LogP contribution in [0.25, 0.3) is 0 Å². The predicted octanol–water partition coefficient (Wildman–Crippen LogP) is 4.20. The molecule has 6 heteroatoms. The second-order valence-corrected chi connectivity index (χ2v) is 5.44. The number of thiophene rings is 1. The number of nitrogens with zero attached hydrogens (tertiary/aromatic N) is 1. The fourth-order valence-corrected chi connectivity index (χ4v) is 2.74. The molecule has 0 fully saturated rings. The molecule has 0 spiro atoms. The summed E-state index contributed by atoms with van der Waals surface area (Å²) in [5.74, 6) is 0.390. The average Bonchev–Trinajstić information content (AvgIpc) is 2.85. The molecule has 0 bridgehead atoms. The number of aromatic amines is 1. The van der Waals surface area contributed by atoms with Crippen LogP contribution in [0, 0.1) is 0 Å². The fourth-order valence-electron chi connectivity index (χ4n) is 1.67. The summed E-state index contributed by atoms with van der Waals surface area (Å²) >= 11 is 1.49. The molecule has 0 saturated heterocycles. The first kappa shape index (κ1) is 13.1. The van der Waals surface area contributed by atoms with Gasteiger partial charge >= 0.3 is 6.18 Å². The van der Waals surface area contributed by atoms with Crippen molar-refractivity contribution in [2.24, 2.45) is 0 Å². The molecule has 98 valence electrons. The first-order valence-corrected chi connectivity index (χ1v) is 6.42. The molecule has 0 radical (unpaired) electrons. The third-order valence-corrected chi connectivity index (χ3v) is 3.66. The number of hydrogen-bond donors (Lipinski definition) is 1. The molecule has 2 aromatic rings. The fraction of sp³-hybridized carbons (Fsp3) is 0.417. The number of hydrogen-bond acceptors (Lipinski definition) is 2. The van der Waals surface area contributed by atoms with Crippen LogP contribution in [0.3, 0.4) is 0 Å². The average molecular weight is 274 g/mol. The molecule has 2 nitrogen and oxygen atoms in total. The first-order chi connectivity index (χ1) is 8.38. The Labute approximate surface area is 107 Å². The maximum Gasteiger partial charge on any atom is 0.433 e. The second-order valence-electron chi connectivity index (χ2n) is 4.45. The lowest BCUT2D eigenvalue weighted by molar-refractivity contribution is -0.141. The largest absolute Gasteiger partial charge is 0.433 e. The van der Waals surface area contributed by atoms with Gasteiger partial charge in [-0.3, -0.25) is 5.10 Å². The van der Waals surface area contributed by atoms with Crippen LogP contribution in [0.1, 0.15) is 41.5 Å². The molecular weight excluding hydrogens is 261 g/mol. The zero-order chi connectivity index (χ0) is 13.3. The highest BCUT2D eigenvalue weighted by molar-refractivity contribution is 7.10. The van der Waals surface area contributed by atoms with Crippen molar-refractivity contribution < 1.29 is 13.2 Å². The van der Waals surface area contributed by atoms with Crippen molar-refractivity contribution in [3.8, 4) is 0 Å². The van der Waals surface area contributed by atoms with Gasteiger partial charge in [0.15, 0.2) is 0 Å². The number of aromatic nitrogens is 2. The van der Waals surface area contributed by atoms with E-state index >= 15 is 0 Å². The van der Waals surface area contributed by atoms with Crippen LogP contribution < -0.4 is 0 Å². The molecule has 0 saturated carbocycles. The van der Waals surface area contributed by atoms with E-state index < -0.39 is 11.9 Å². The Morgan fingerprint density at radius 2 is 2.11 bits per heavy atom. The molecule has 2 rings (SSSR count). The monoisotopic (exact) mass is 274 g/mol. The topological polar surface area (TPSA) is 28.7 Å². The molecule has 0 aromatic carbocycles. The van der Waals surface area contributed by atoms with Crippen LogP contribution in [0.15, 0.2) is 17.6 Å². The van der Waals surface area contributed by atoms with Crippen molar-refractivity contribution in [1.29, 1.82) is 0 Å². The van der Waals surface area contributed by atoms with Gasteiger partial charge in [-0.05, 0) is 22.9 Å². The van der Waals surface area contributed by atoms with E-state index in [4.69, 9.17) is 0 Å². The van der Waals surface area contributed by atoms with Gasteiger partial charge < -0.3 is 0 Å². The summed E-state index contributed by atoms with van der Waals surface area (Å²) in [6.07, 6.45) is -2.86. The van der Waals surface area contributed by atoms with E-state index in [2.05, 4.69) is 18.9 Å². The molecular formula is C12H13F3N2S. The van der Waals surface area contributed by atoms with E-state index in [1.165, 1.54) is 17.5 Å². The van der Waals surface area contributed by atoms with E-state index in [0.717, 1.165) is 10.4 Å². The molecule has 0 aliphatic heterocycles. The highest BCUT2D eigenvalue weighted by Gasteiger charge is 2.35. The summed E-state index contributed by atoms with van der Waals surface area (Å²) in [7, 11) is 0. The Hall–Kier alpha value is -1.30. The van der Waals surface area contributed by atoms with Gasteiger partial charge in [-0.1, -0.05) is 13.8 Å². The van der Waals surface area contributed by atoms with Crippen LogP contribution >= 0.6 is 11.3 Å². The van der Waals surface area contributed by atoms with Gasteiger partial charge in [0.05, 0.1) is 6.20 Å². The minimum absolute atomic E-state index is 0.194. The van der Waals surface area contributed by atoms with Crippen LogP contribution in [0.5, 0.6) is 0 Å². The number of nitrogens with one attached hydrogen (secondary N) is 1. The number of halogens is 3. The van der Waals surface area contributed by atoms with E-state index in [1.54, 1.807) is 0 Å². The number of H-pyrrole nitrogens is 1. The summed E-state index contributed by atoms with van der Waals surface area (Å²) in [4.78, 5) is 0.922. The lowest BCUT2D eigenvalue weighted by Crippen LogP contribution is -2.08. The standard InChI is InChI=1S/C12H13F3N2S/c1-7(2)9-4-10(18-6-9)3-8-5-16-17-11(8)12(13,14)15/h4-7H,3H2,1-2H3,(H,16,17). The van der Waals surface area contributed by atoms with Crippen molar-refractivity contribution >= 4 is 11.3 Å². The third-order valence-electron chi connectivity index (χ3n) is 2.71. The van der Waals surface area contributed by atoms with Gasteiger partial charge in [-0.25, -0.2) is 0 Å². The van der Waals surface area contributed by atoms with E-state index in [9.17, 15) is 13.2 Å². The number of alkyl halides is 3. The third kappa shape index (κ3) is 2.75. The van der Waals surface area contributed by atoms with Crippen molar-refractivity contribution in [3.05, 3.63) is 39.3 Å². The smallest absolute Gasteiger partial charge is 0.273 e. The van der Waals surface area contributed by atoms with Crippen LogP contribution in [0.2, 0.25) is 0 Å². The number of rotatable bonds is 3. The van der Waals surface area contributed by atoms with Gasteiger partial charge in [0, 0.05) is 16.9 Å². The highest BCUT2D eigenvalue weighted by atomic mass is 32.1. The Bertz CT molecular complexity index is 525. The minimum atomic E-state index is -4.37. The van der Waals surface area contributed by atoms with Crippen molar-refractivity contribution in [3.63, 3.8) is 0 Å². The summed E-state index contributed by atoms with van der Waals surface area (Å²) in [6, 6.07) is 1.96. The van der Waals surface area contributed by atoms with Gasteiger partial charge in [0.25, 0.3) is 0 Å². The molecule has 0 amide bonds. The maximum atomic E-state index is 12.7. The molecule has 0 aliphatic rings. The second kappa shape index (κ2) is 4.76. The molecule has 1 N–H and O–H groups in total. The van der Waals surface area contributed by atoms with Crippen molar-refractivity contribution in [2.75, 3.05) is 0 Å². The zero-order valence-corrected chi connectivity index (χ0v) is 10.8. The van der Waals surface area contributed by atoms with Crippen LogP contribution in [-0.4, -0.2) is 10.2 Å². The molecule has 0 unspecified atom stereocenters. The summed E-state index contributed by atoms with van der Waals surface area (Å²) in [6.45, 7) is 4.12. The highest BCUT2D eigenvalue weighted by Crippen LogP contribution is 2.32. The normalized spacial score (nSPS) is 12.3. The Morgan fingerprint density at radius 1 is 1.39 bits per heavy atom. The lowest BCUT2D eigenvalue weighted by atomic mass is 10.1. The SMILES string of the molecule is CC(C)c1csc(Cc2cn[nH]c2C(F)(F)F)c1. The summed E-state index contributed by atoms with van der Waals surface area (Å²) in [5.41, 5.74) is 0.605. The van der Waals surface area contributed by atoms with Gasteiger partial charge in [0.1, 0.15) is 5.69 Å². The first-order valence-electron chi connectivity index (χ1n) is 5.54. The molecule has 0 aliphatic carbocycles. The summed E-state index contributed by atoms with van der Waals surface area (Å²) in [5, 5.41) is 7.50. The van der Waals surface area contributed by atoms with Crippen molar-refractivity contribution in [2.45, 2.75) is 32.4 Å². The molecule has 18 heavy (non-hydrogen) atoms. The lowest BCUT2D eigenvalue weighted by Gasteiger charge is -2.05. The van der Waals surface area contributed by atoms with Gasteiger partial charge in [0.2, 0.25) is 0 Å². The van der Waals surface area contributed by atoms with Crippen molar-refractivity contribution in [1.82, 2.24) is 10.2 Å². The van der Waals surface area contributed by atoms with Crippen LogP contribution in [-0.2, 0) is 12.6 Å². The Kier molecular flexibility index (Phi) is 3.47. The Balaban J connectivity index is 2.21. The predicted molar refractivity (Wildman–Crippen MR) is 64.8 cm³/mol. The van der Waals surface area contributed by atoms with Gasteiger partial charge in [-0.2, -0.15) is 18.3 Å². The summed E-state index contributed by atoms with van der Waals surface area (Å²) < 4.78 is 38.0. The van der Waals surface area contributed by atoms with E-state index in [0.29, 0.717) is 5.92 Å². The van der Waals surface area contributed by atoms with Crippen LogP contribution in [0.4, 0.5) is 13.2 Å². The van der Waals surface area contributed by atoms with Gasteiger partial charge in [-0.15, -0.1) is 11.3 Å². The zero-order valence-electron chi connectivity index (χ0n) is 10.0.